The van der Waals surface area contributed by atoms with Crippen molar-refractivity contribution in [2.45, 2.75) is 38.8 Å². The third-order valence-corrected chi connectivity index (χ3v) is 4.58. The van der Waals surface area contributed by atoms with Crippen LogP contribution in [0.3, 0.4) is 0 Å². The van der Waals surface area contributed by atoms with Gasteiger partial charge in [-0.05, 0) is 38.3 Å². The molecule has 1 saturated heterocycles. The molecule has 2 aromatic heterocycles. The highest BCUT2D eigenvalue weighted by Crippen LogP contribution is 2.34. The first-order valence-corrected chi connectivity index (χ1v) is 8.71. The van der Waals surface area contributed by atoms with Gasteiger partial charge in [-0.2, -0.15) is 9.61 Å². The minimum absolute atomic E-state index is 0.0738. The van der Waals surface area contributed by atoms with Crippen LogP contribution >= 0.6 is 0 Å². The molecule has 5 heterocycles. The molecule has 3 aliphatic rings. The minimum atomic E-state index is -0.524. The van der Waals surface area contributed by atoms with E-state index in [0.717, 1.165) is 16.8 Å². The summed E-state index contributed by atoms with van der Waals surface area (Å²) in [6, 6.07) is 3.58. The van der Waals surface area contributed by atoms with Crippen molar-refractivity contribution in [2.75, 3.05) is 25.5 Å². The van der Waals surface area contributed by atoms with Crippen LogP contribution in [-0.4, -0.2) is 57.0 Å². The lowest BCUT2D eigenvalue weighted by Crippen LogP contribution is -2.47. The van der Waals surface area contributed by atoms with E-state index in [0.29, 0.717) is 37.6 Å². The molecule has 8 heteroatoms. The molecule has 0 aromatic carbocycles. The van der Waals surface area contributed by atoms with E-state index in [1.54, 1.807) is 15.6 Å². The summed E-state index contributed by atoms with van der Waals surface area (Å²) in [5, 5.41) is 4.16. The molecule has 5 rings (SSSR count). The smallest absolute Gasteiger partial charge is 0.410 e. The number of amides is 1. The third-order valence-electron chi connectivity index (χ3n) is 4.58. The number of ether oxygens (including phenoxy) is 2. The zero-order valence-corrected chi connectivity index (χ0v) is 15.2. The first kappa shape index (κ1) is 16.8. The lowest BCUT2D eigenvalue weighted by Gasteiger charge is -2.35. The number of nitrogen functional groups attached to an aromatic ring is 1. The molecule has 3 aliphatic heterocycles. The van der Waals surface area contributed by atoms with Crippen LogP contribution in [0.5, 0.6) is 0 Å². The maximum absolute atomic E-state index is 12.6. The number of rotatable bonds is 1. The summed E-state index contributed by atoms with van der Waals surface area (Å²) in [6.45, 7) is 7.07. The standard InChI is InChI=1S/C18H23N5O3/c1-18(2,3)26-17(24)22-8-11-9-25-10-12(22)6-13(11)14-7-15(19)23-16(21-14)4-5-20-23/h4-5,7,12H,6,8-10,19H2,1-3H3. The fourth-order valence-electron chi connectivity index (χ4n) is 3.43. The van der Waals surface area contributed by atoms with E-state index in [-0.39, 0.29) is 12.1 Å². The molecule has 2 N–H and O–H groups in total. The Labute approximate surface area is 151 Å². The van der Waals surface area contributed by atoms with Gasteiger partial charge in [-0.15, -0.1) is 0 Å². The Bertz CT molecular complexity index is 896. The molecule has 0 radical (unpaired) electrons. The summed E-state index contributed by atoms with van der Waals surface area (Å²) < 4.78 is 12.9. The van der Waals surface area contributed by atoms with Crippen LogP contribution in [0.2, 0.25) is 0 Å². The SMILES string of the molecule is CC(C)(C)OC(=O)N1CC2=C(c3cc(N)n4nccc4n3)CC1COC2. The van der Waals surface area contributed by atoms with Crippen molar-refractivity contribution in [3.8, 4) is 0 Å². The van der Waals surface area contributed by atoms with E-state index < -0.39 is 5.60 Å². The molecule has 8 nitrogen and oxygen atoms in total. The van der Waals surface area contributed by atoms with Crippen molar-refractivity contribution >= 4 is 23.1 Å². The van der Waals surface area contributed by atoms with Gasteiger partial charge in [0.15, 0.2) is 5.65 Å². The van der Waals surface area contributed by atoms with Crippen LogP contribution < -0.4 is 5.73 Å². The predicted molar refractivity (Wildman–Crippen MR) is 96.5 cm³/mol. The van der Waals surface area contributed by atoms with Gasteiger partial charge in [-0.1, -0.05) is 0 Å². The normalized spacial score (nSPS) is 20.6. The Morgan fingerprint density at radius 1 is 1.42 bits per heavy atom. The molecular weight excluding hydrogens is 334 g/mol. The number of nitrogens with two attached hydrogens (primary N) is 1. The fraction of sp³-hybridized carbons (Fsp3) is 0.500. The van der Waals surface area contributed by atoms with Crippen molar-refractivity contribution in [2.24, 2.45) is 0 Å². The molecule has 1 amide bonds. The third kappa shape index (κ3) is 3.01. The maximum Gasteiger partial charge on any atom is 0.410 e. The number of aromatic nitrogens is 3. The second-order valence-corrected chi connectivity index (χ2v) is 7.73. The zero-order valence-electron chi connectivity index (χ0n) is 15.2. The van der Waals surface area contributed by atoms with Gasteiger partial charge in [0.1, 0.15) is 11.4 Å². The molecule has 0 aliphatic carbocycles. The number of hydrogen-bond donors (Lipinski definition) is 1. The zero-order chi connectivity index (χ0) is 18.5. The van der Waals surface area contributed by atoms with Crippen LogP contribution in [0.15, 0.2) is 23.9 Å². The molecule has 138 valence electrons. The van der Waals surface area contributed by atoms with Gasteiger partial charge in [-0.25, -0.2) is 9.78 Å². The average Bonchev–Trinajstić information content (AvgIpc) is 2.82. The lowest BCUT2D eigenvalue weighted by molar-refractivity contribution is 0.0127. The van der Waals surface area contributed by atoms with Gasteiger partial charge in [-0.3, -0.25) is 4.90 Å². The molecule has 1 atom stereocenters. The second kappa shape index (κ2) is 5.98. The van der Waals surface area contributed by atoms with Crippen LogP contribution in [0.4, 0.5) is 10.6 Å². The number of nitrogens with zero attached hydrogens (tertiary/aromatic N) is 4. The van der Waals surface area contributed by atoms with E-state index in [2.05, 4.69) is 10.1 Å². The number of carbonyl (C=O) groups is 1. The number of hydrogen-bond acceptors (Lipinski definition) is 6. The highest BCUT2D eigenvalue weighted by Gasteiger charge is 2.37. The van der Waals surface area contributed by atoms with Gasteiger partial charge in [0.05, 0.1) is 31.1 Å². The Kier molecular flexibility index (Phi) is 3.87. The quantitative estimate of drug-likeness (QED) is 0.840. The summed E-state index contributed by atoms with van der Waals surface area (Å²) in [6.07, 6.45) is 2.04. The van der Waals surface area contributed by atoms with Crippen molar-refractivity contribution in [1.29, 1.82) is 0 Å². The lowest BCUT2D eigenvalue weighted by atomic mass is 9.93. The van der Waals surface area contributed by atoms with Crippen molar-refractivity contribution in [3.05, 3.63) is 29.6 Å². The van der Waals surface area contributed by atoms with Gasteiger partial charge < -0.3 is 15.2 Å². The maximum atomic E-state index is 12.6. The van der Waals surface area contributed by atoms with Gasteiger partial charge in [0.25, 0.3) is 0 Å². The number of fused-ring (bicyclic) bond motifs is 5. The predicted octanol–water partition coefficient (Wildman–Crippen LogP) is 2.10. The molecular formula is C18H23N5O3. The van der Waals surface area contributed by atoms with Gasteiger partial charge >= 0.3 is 6.09 Å². The molecule has 1 fully saturated rings. The Morgan fingerprint density at radius 2 is 2.23 bits per heavy atom. The highest BCUT2D eigenvalue weighted by atomic mass is 16.6. The van der Waals surface area contributed by atoms with Crippen LogP contribution in [0.1, 0.15) is 32.9 Å². The van der Waals surface area contributed by atoms with Crippen molar-refractivity contribution in [1.82, 2.24) is 19.5 Å². The second-order valence-electron chi connectivity index (χ2n) is 7.73. The Balaban J connectivity index is 1.68. The van der Waals surface area contributed by atoms with Gasteiger partial charge in [0.2, 0.25) is 0 Å². The van der Waals surface area contributed by atoms with Crippen molar-refractivity contribution < 1.29 is 14.3 Å². The van der Waals surface area contributed by atoms with Gasteiger partial charge in [0, 0.05) is 18.7 Å². The topological polar surface area (TPSA) is 95.0 Å². The minimum Gasteiger partial charge on any atom is -0.444 e. The summed E-state index contributed by atoms with van der Waals surface area (Å²) in [7, 11) is 0. The van der Waals surface area contributed by atoms with Crippen molar-refractivity contribution in [3.63, 3.8) is 0 Å². The first-order chi connectivity index (χ1) is 12.3. The van der Waals surface area contributed by atoms with Crippen LogP contribution in [0, 0.1) is 0 Å². The Hall–Kier alpha value is -2.61. The van der Waals surface area contributed by atoms with E-state index in [4.69, 9.17) is 15.2 Å². The van der Waals surface area contributed by atoms with E-state index >= 15 is 0 Å². The first-order valence-electron chi connectivity index (χ1n) is 8.71. The summed E-state index contributed by atoms with van der Waals surface area (Å²) in [5.74, 6) is 0.535. The molecule has 2 bridgehead atoms. The molecule has 1 unspecified atom stereocenters. The number of carbonyl (C=O) groups excluding carboxylic acids is 1. The average molecular weight is 357 g/mol. The molecule has 26 heavy (non-hydrogen) atoms. The number of anilines is 1. The largest absolute Gasteiger partial charge is 0.444 e. The summed E-state index contributed by atoms with van der Waals surface area (Å²) >= 11 is 0. The van der Waals surface area contributed by atoms with Crippen LogP contribution in [0.25, 0.3) is 11.2 Å². The molecule has 0 saturated carbocycles. The molecule has 0 spiro atoms. The summed E-state index contributed by atoms with van der Waals surface area (Å²) in [4.78, 5) is 19.0. The van der Waals surface area contributed by atoms with Crippen LogP contribution in [-0.2, 0) is 9.47 Å². The monoisotopic (exact) mass is 357 g/mol. The summed E-state index contributed by atoms with van der Waals surface area (Å²) in [5.41, 5.74) is 9.26. The van der Waals surface area contributed by atoms with E-state index in [1.807, 2.05) is 32.9 Å². The molecule has 2 aromatic rings. The Morgan fingerprint density at radius 3 is 3.00 bits per heavy atom. The van der Waals surface area contributed by atoms with E-state index in [1.165, 1.54) is 0 Å². The fourth-order valence-corrected chi connectivity index (χ4v) is 3.43. The van der Waals surface area contributed by atoms with E-state index in [9.17, 15) is 4.79 Å². The highest BCUT2D eigenvalue weighted by molar-refractivity contribution is 5.76.